The summed E-state index contributed by atoms with van der Waals surface area (Å²) in [5.74, 6) is 1.23. The van der Waals surface area contributed by atoms with E-state index in [1.165, 1.54) is 6.26 Å². The van der Waals surface area contributed by atoms with Gasteiger partial charge in [0.15, 0.2) is 6.26 Å². The van der Waals surface area contributed by atoms with Crippen molar-refractivity contribution in [3.05, 3.63) is 54.7 Å². The molecule has 0 heterocycles. The highest BCUT2D eigenvalue weighted by molar-refractivity contribution is 6.69. The van der Waals surface area contributed by atoms with Crippen LogP contribution in [-0.2, 0) is 20.5 Å². The van der Waals surface area contributed by atoms with Gasteiger partial charge in [0, 0.05) is 0 Å². The number of ether oxygens (including phenoxy) is 3. The molecule has 0 N–H and O–H groups in total. The van der Waals surface area contributed by atoms with Gasteiger partial charge in [0.1, 0.15) is 19.0 Å². The Kier molecular flexibility index (Phi) is 6.88. The summed E-state index contributed by atoms with van der Waals surface area (Å²) in [7, 11) is -0.109. The van der Waals surface area contributed by atoms with Crippen LogP contribution in [0, 0.1) is 0 Å². The molecule has 0 aliphatic rings. The third-order valence-electron chi connectivity index (χ3n) is 2.34. The van der Waals surface area contributed by atoms with Gasteiger partial charge in [0.2, 0.25) is 8.32 Å². The monoisotopic (exact) mass is 308 g/mol. The second-order valence-corrected chi connectivity index (χ2v) is 9.84. The Bertz CT molecular complexity index is 460. The Hall–Kier alpha value is -1.88. The fraction of sp³-hybridized carbons (Fsp3) is 0.375. The van der Waals surface area contributed by atoms with Crippen molar-refractivity contribution in [2.24, 2.45) is 0 Å². The van der Waals surface area contributed by atoms with Crippen LogP contribution in [-0.4, -0.2) is 22.0 Å². The van der Waals surface area contributed by atoms with E-state index in [4.69, 9.17) is 18.6 Å². The van der Waals surface area contributed by atoms with Crippen LogP contribution in [0.5, 0.6) is 5.75 Å². The summed E-state index contributed by atoms with van der Waals surface area (Å²) in [6.45, 7) is 10.7. The molecular weight excluding hydrogens is 284 g/mol. The summed E-state index contributed by atoms with van der Waals surface area (Å²) in [5, 5.41) is 0. The summed E-state index contributed by atoms with van der Waals surface area (Å²) in [5.41, 5.74) is 1.03. The molecule has 1 rings (SSSR count). The maximum absolute atomic E-state index is 5.84. The first kappa shape index (κ1) is 17.2. The molecule has 116 valence electrons. The highest BCUT2D eigenvalue weighted by Crippen LogP contribution is 2.16. The Morgan fingerprint density at radius 3 is 2.38 bits per heavy atom. The largest absolute Gasteiger partial charge is 0.518 e. The predicted octanol–water partition coefficient (Wildman–Crippen LogP) is 4.06. The number of rotatable bonds is 9. The first-order chi connectivity index (χ1) is 9.94. The van der Waals surface area contributed by atoms with E-state index in [0.29, 0.717) is 19.2 Å². The summed E-state index contributed by atoms with van der Waals surface area (Å²) in [6.07, 6.45) is 3.18. The van der Waals surface area contributed by atoms with E-state index in [-0.39, 0.29) is 0 Å². The number of hydrogen-bond acceptors (Lipinski definition) is 4. The van der Waals surface area contributed by atoms with E-state index < -0.39 is 8.32 Å². The zero-order valence-corrected chi connectivity index (χ0v) is 14.2. The standard InChI is InChI=1S/C16H24O4Si/c1-6-11-18-13-16(20-21(3,4)5)19-12-14-7-9-15(17-2)10-8-14/h6-10,13H,1,11-12H2,2-5H3/b16-13-. The summed E-state index contributed by atoms with van der Waals surface area (Å²) >= 11 is 0. The molecule has 0 saturated heterocycles. The highest BCUT2D eigenvalue weighted by Gasteiger charge is 2.19. The number of hydrogen-bond donors (Lipinski definition) is 0. The lowest BCUT2D eigenvalue weighted by Crippen LogP contribution is -2.25. The lowest BCUT2D eigenvalue weighted by Gasteiger charge is -2.21. The van der Waals surface area contributed by atoms with Crippen LogP contribution < -0.4 is 4.74 Å². The van der Waals surface area contributed by atoms with Crippen molar-refractivity contribution < 1.29 is 18.6 Å². The van der Waals surface area contributed by atoms with Crippen molar-refractivity contribution in [2.45, 2.75) is 26.2 Å². The van der Waals surface area contributed by atoms with E-state index in [1.54, 1.807) is 13.2 Å². The molecular formula is C16H24O4Si. The van der Waals surface area contributed by atoms with Gasteiger partial charge in [-0.3, -0.25) is 0 Å². The average Bonchev–Trinajstić information content (AvgIpc) is 2.44. The smallest absolute Gasteiger partial charge is 0.302 e. The lowest BCUT2D eigenvalue weighted by molar-refractivity contribution is 0.0751. The van der Waals surface area contributed by atoms with E-state index in [1.807, 2.05) is 24.3 Å². The van der Waals surface area contributed by atoms with Crippen LogP contribution in [0.25, 0.3) is 0 Å². The molecule has 0 aromatic heterocycles. The Morgan fingerprint density at radius 1 is 1.19 bits per heavy atom. The van der Waals surface area contributed by atoms with Crippen molar-refractivity contribution in [3.8, 4) is 5.75 Å². The van der Waals surface area contributed by atoms with E-state index in [9.17, 15) is 0 Å². The minimum atomic E-state index is -1.75. The molecule has 0 radical (unpaired) electrons. The van der Waals surface area contributed by atoms with Crippen LogP contribution in [0.15, 0.2) is 49.1 Å². The van der Waals surface area contributed by atoms with Gasteiger partial charge in [0.05, 0.1) is 7.11 Å². The first-order valence-electron chi connectivity index (χ1n) is 6.82. The van der Waals surface area contributed by atoms with Crippen LogP contribution >= 0.6 is 0 Å². The molecule has 0 spiro atoms. The fourth-order valence-electron chi connectivity index (χ4n) is 1.45. The zero-order valence-electron chi connectivity index (χ0n) is 13.2. The van der Waals surface area contributed by atoms with Gasteiger partial charge < -0.3 is 18.6 Å². The molecule has 0 amide bonds. The molecule has 0 aliphatic carbocycles. The second-order valence-electron chi connectivity index (χ2n) is 5.41. The quantitative estimate of drug-likeness (QED) is 0.298. The molecule has 1 aromatic rings. The number of methoxy groups -OCH3 is 1. The van der Waals surface area contributed by atoms with Crippen LogP contribution in [0.3, 0.4) is 0 Å². The summed E-state index contributed by atoms with van der Waals surface area (Å²) in [6, 6.07) is 7.70. The Balaban J connectivity index is 2.62. The molecule has 21 heavy (non-hydrogen) atoms. The third kappa shape index (κ3) is 7.46. The third-order valence-corrected chi connectivity index (χ3v) is 3.15. The minimum Gasteiger partial charge on any atom is -0.518 e. The van der Waals surface area contributed by atoms with E-state index >= 15 is 0 Å². The van der Waals surface area contributed by atoms with Gasteiger partial charge in [-0.15, -0.1) is 0 Å². The number of benzene rings is 1. The van der Waals surface area contributed by atoms with Crippen molar-refractivity contribution in [3.63, 3.8) is 0 Å². The predicted molar refractivity (Wildman–Crippen MR) is 86.4 cm³/mol. The van der Waals surface area contributed by atoms with E-state index in [0.717, 1.165) is 11.3 Å². The summed E-state index contributed by atoms with van der Waals surface area (Å²) in [4.78, 5) is 0. The second kappa shape index (κ2) is 8.41. The van der Waals surface area contributed by atoms with Crippen molar-refractivity contribution >= 4 is 8.32 Å². The minimum absolute atomic E-state index is 0.409. The molecule has 0 saturated carbocycles. The van der Waals surface area contributed by atoms with Crippen LogP contribution in [0.2, 0.25) is 19.6 Å². The van der Waals surface area contributed by atoms with Gasteiger partial charge in [-0.2, -0.15) is 0 Å². The molecule has 4 nitrogen and oxygen atoms in total. The molecule has 0 aliphatic heterocycles. The van der Waals surface area contributed by atoms with Crippen molar-refractivity contribution in [1.82, 2.24) is 0 Å². The molecule has 5 heteroatoms. The van der Waals surface area contributed by atoms with Gasteiger partial charge in [-0.05, 0) is 37.3 Å². The molecule has 0 bridgehead atoms. The SMILES string of the molecule is C=CCO/C=C(/OCc1ccc(OC)cc1)O[Si](C)(C)C. The first-order valence-corrected chi connectivity index (χ1v) is 10.2. The Labute approximate surface area is 128 Å². The Morgan fingerprint density at radius 2 is 1.86 bits per heavy atom. The molecule has 1 aromatic carbocycles. The fourth-order valence-corrected chi connectivity index (χ4v) is 2.16. The van der Waals surface area contributed by atoms with Crippen LogP contribution in [0.4, 0.5) is 0 Å². The van der Waals surface area contributed by atoms with Gasteiger partial charge in [-0.1, -0.05) is 24.8 Å². The molecule has 0 unspecified atom stereocenters. The topological polar surface area (TPSA) is 36.9 Å². The van der Waals surface area contributed by atoms with Gasteiger partial charge in [-0.25, -0.2) is 0 Å². The zero-order chi connectivity index (χ0) is 15.7. The van der Waals surface area contributed by atoms with E-state index in [2.05, 4.69) is 26.2 Å². The van der Waals surface area contributed by atoms with Gasteiger partial charge in [0.25, 0.3) is 0 Å². The van der Waals surface area contributed by atoms with Crippen molar-refractivity contribution in [2.75, 3.05) is 13.7 Å². The van der Waals surface area contributed by atoms with Crippen molar-refractivity contribution in [1.29, 1.82) is 0 Å². The normalized spacial score (nSPS) is 11.7. The average molecular weight is 308 g/mol. The van der Waals surface area contributed by atoms with Gasteiger partial charge >= 0.3 is 5.95 Å². The molecule has 0 fully saturated rings. The maximum Gasteiger partial charge on any atom is 0.302 e. The maximum atomic E-state index is 5.84. The molecule has 0 atom stereocenters. The van der Waals surface area contributed by atoms with Crippen LogP contribution in [0.1, 0.15) is 5.56 Å². The summed E-state index contributed by atoms with van der Waals surface area (Å²) < 4.78 is 22.0. The lowest BCUT2D eigenvalue weighted by atomic mass is 10.2. The highest BCUT2D eigenvalue weighted by atomic mass is 28.4.